The molecule has 0 aromatic carbocycles. The van der Waals surface area contributed by atoms with Crippen LogP contribution < -0.4 is 0 Å². The van der Waals surface area contributed by atoms with Crippen molar-refractivity contribution in [2.75, 3.05) is 0 Å². The summed E-state index contributed by atoms with van der Waals surface area (Å²) in [6.45, 7) is 0. The summed E-state index contributed by atoms with van der Waals surface area (Å²) in [4.78, 5) is 3.74. The molecule has 1 rings (SSSR count). The first-order valence-corrected chi connectivity index (χ1v) is 2.90. The third-order valence-electron chi connectivity index (χ3n) is 0.347. The SMILES string of the molecule is O.OBO.[KH].c1cscn1. The van der Waals surface area contributed by atoms with Crippen LogP contribution in [0.15, 0.2) is 17.1 Å². The number of aromatic nitrogens is 1. The van der Waals surface area contributed by atoms with Gasteiger partial charge in [-0.2, -0.15) is 0 Å². The molecular formula is C3H9BKNO3S. The third kappa shape index (κ3) is 16.1. The summed E-state index contributed by atoms with van der Waals surface area (Å²) in [5.74, 6) is 0. The second-order valence-corrected chi connectivity index (χ2v) is 1.57. The van der Waals surface area contributed by atoms with E-state index in [1.54, 1.807) is 23.0 Å². The van der Waals surface area contributed by atoms with Crippen molar-refractivity contribution >= 4 is 70.4 Å². The number of hydrogen-bond donors (Lipinski definition) is 2. The van der Waals surface area contributed by atoms with Crippen molar-refractivity contribution in [3.8, 4) is 0 Å². The molecule has 0 radical (unpaired) electrons. The smallest absolute Gasteiger partial charge is 0.0791 e. The van der Waals surface area contributed by atoms with Crippen LogP contribution in [0.5, 0.6) is 0 Å². The van der Waals surface area contributed by atoms with Crippen LogP contribution in [0.1, 0.15) is 0 Å². The summed E-state index contributed by atoms with van der Waals surface area (Å²) in [7, 11) is -0.750. The summed E-state index contributed by atoms with van der Waals surface area (Å²) in [6.07, 6.45) is 1.77. The van der Waals surface area contributed by atoms with E-state index < -0.39 is 7.69 Å². The van der Waals surface area contributed by atoms with E-state index >= 15 is 0 Å². The monoisotopic (exact) mass is 189 g/mol. The Labute approximate surface area is 106 Å². The van der Waals surface area contributed by atoms with Crippen LogP contribution in [0.2, 0.25) is 0 Å². The molecule has 1 aromatic heterocycles. The van der Waals surface area contributed by atoms with Gasteiger partial charge in [0, 0.05) is 11.6 Å². The van der Waals surface area contributed by atoms with E-state index in [4.69, 9.17) is 10.0 Å². The van der Waals surface area contributed by atoms with Crippen molar-refractivity contribution in [3.05, 3.63) is 17.1 Å². The molecular weight excluding hydrogens is 180 g/mol. The van der Waals surface area contributed by atoms with E-state index in [9.17, 15) is 0 Å². The summed E-state index contributed by atoms with van der Waals surface area (Å²) in [6, 6.07) is 0. The van der Waals surface area contributed by atoms with Gasteiger partial charge in [-0.3, -0.25) is 4.98 Å². The number of nitrogens with zero attached hydrogens (tertiary/aromatic N) is 1. The van der Waals surface area contributed by atoms with Crippen LogP contribution in [0.25, 0.3) is 0 Å². The minimum absolute atomic E-state index is 0. The topological polar surface area (TPSA) is 84.9 Å². The molecule has 0 atom stereocenters. The zero-order chi connectivity index (χ0) is 6.24. The van der Waals surface area contributed by atoms with Crippen LogP contribution in [-0.2, 0) is 0 Å². The molecule has 0 aliphatic carbocycles. The fraction of sp³-hybridized carbons (Fsp3) is 0. The van der Waals surface area contributed by atoms with E-state index in [0.717, 1.165) is 0 Å². The Morgan fingerprint density at radius 1 is 1.40 bits per heavy atom. The zero-order valence-corrected chi connectivity index (χ0v) is 5.51. The Bertz CT molecular complexity index is 90.6. The van der Waals surface area contributed by atoms with Gasteiger partial charge in [0.25, 0.3) is 0 Å². The van der Waals surface area contributed by atoms with Gasteiger partial charge >= 0.3 is 59.1 Å². The minimum Gasteiger partial charge on any atom is -0.253 e. The molecule has 1 heterocycles. The van der Waals surface area contributed by atoms with E-state index in [0.29, 0.717) is 0 Å². The molecule has 0 unspecified atom stereocenters. The summed E-state index contributed by atoms with van der Waals surface area (Å²) >= 11 is 1.60. The van der Waals surface area contributed by atoms with Crippen molar-refractivity contribution in [2.45, 2.75) is 0 Å². The predicted molar refractivity (Wildman–Crippen MR) is 44.5 cm³/mol. The molecule has 4 nitrogen and oxygen atoms in total. The van der Waals surface area contributed by atoms with Crippen LogP contribution in [0.3, 0.4) is 0 Å². The zero-order valence-electron chi connectivity index (χ0n) is 4.69. The molecule has 0 amide bonds. The standard InChI is InChI=1S/C3H3NS.BH3O2.K.H2O.H/c1-2-5-3-4-1;2-1-3;;;/h1-3H;1-3H;;1H2;. The van der Waals surface area contributed by atoms with E-state index in [1.165, 1.54) is 0 Å². The molecule has 0 saturated heterocycles. The normalized spacial score (nSPS) is 5.40. The molecule has 10 heavy (non-hydrogen) atoms. The van der Waals surface area contributed by atoms with E-state index in [1.807, 2.05) is 5.38 Å². The Morgan fingerprint density at radius 3 is 2.00 bits per heavy atom. The first-order valence-electron chi connectivity index (χ1n) is 1.95. The molecule has 7 heteroatoms. The van der Waals surface area contributed by atoms with Gasteiger partial charge in [0.1, 0.15) is 0 Å². The van der Waals surface area contributed by atoms with Gasteiger partial charge in [0.15, 0.2) is 0 Å². The number of rotatable bonds is 0. The van der Waals surface area contributed by atoms with Crippen molar-refractivity contribution in [1.82, 2.24) is 4.98 Å². The summed E-state index contributed by atoms with van der Waals surface area (Å²) < 4.78 is 0. The fourth-order valence-electron chi connectivity index (χ4n) is 0.176. The molecule has 1 aromatic rings. The van der Waals surface area contributed by atoms with Gasteiger partial charge in [-0.05, 0) is 0 Å². The number of hydrogen-bond acceptors (Lipinski definition) is 4. The molecule has 0 aliphatic heterocycles. The van der Waals surface area contributed by atoms with Crippen LogP contribution in [-0.4, -0.2) is 79.6 Å². The van der Waals surface area contributed by atoms with Gasteiger partial charge in [0.2, 0.25) is 0 Å². The molecule has 54 valence electrons. The van der Waals surface area contributed by atoms with Gasteiger partial charge in [-0.1, -0.05) is 0 Å². The van der Waals surface area contributed by atoms with Gasteiger partial charge < -0.3 is 15.5 Å². The van der Waals surface area contributed by atoms with Crippen LogP contribution >= 0.6 is 11.3 Å². The first-order chi connectivity index (χ1) is 3.91. The van der Waals surface area contributed by atoms with Gasteiger partial charge in [-0.25, -0.2) is 0 Å². The van der Waals surface area contributed by atoms with Gasteiger partial charge in [0.05, 0.1) is 5.51 Å². The predicted octanol–water partition coefficient (Wildman–Crippen LogP) is -2.09. The maximum absolute atomic E-state index is 7.12. The quantitative estimate of drug-likeness (QED) is 0.459. The fourth-order valence-corrected chi connectivity index (χ4v) is 0.527. The Balaban J connectivity index is -0.0000000900. The van der Waals surface area contributed by atoms with Crippen LogP contribution in [0.4, 0.5) is 0 Å². The second-order valence-electron chi connectivity index (χ2n) is 0.817. The molecule has 4 N–H and O–H groups in total. The maximum Gasteiger partial charge on any atom is 0.0791 e. The molecule has 0 aliphatic rings. The number of thiazole rings is 1. The molecule has 0 fully saturated rings. The van der Waals surface area contributed by atoms with Crippen LogP contribution in [0, 0.1) is 0 Å². The third-order valence-corrected chi connectivity index (χ3v) is 0.869. The Morgan fingerprint density at radius 2 is 1.90 bits per heavy atom. The maximum atomic E-state index is 7.12. The van der Waals surface area contributed by atoms with E-state index in [-0.39, 0.29) is 56.9 Å². The largest absolute Gasteiger partial charge is 0.253 e. The van der Waals surface area contributed by atoms with E-state index in [2.05, 4.69) is 4.98 Å². The summed E-state index contributed by atoms with van der Waals surface area (Å²) in [5.41, 5.74) is 1.79. The average Bonchev–Trinajstić information content (AvgIpc) is 2.17. The van der Waals surface area contributed by atoms with Crippen molar-refractivity contribution in [2.24, 2.45) is 0 Å². The summed E-state index contributed by atoms with van der Waals surface area (Å²) in [5, 5.41) is 16.2. The van der Waals surface area contributed by atoms with Crippen molar-refractivity contribution in [3.63, 3.8) is 0 Å². The Hall–Kier alpha value is 1.21. The minimum atomic E-state index is -0.750. The first kappa shape index (κ1) is 17.3. The molecule has 0 saturated carbocycles. The van der Waals surface area contributed by atoms with Crippen molar-refractivity contribution < 1.29 is 15.5 Å². The molecule has 0 spiro atoms. The average molecular weight is 189 g/mol. The molecule has 0 bridgehead atoms. The Kier molecular flexibility index (Phi) is 28.9. The second kappa shape index (κ2) is 16.7. The van der Waals surface area contributed by atoms with Crippen molar-refractivity contribution in [1.29, 1.82) is 0 Å². The van der Waals surface area contributed by atoms with Gasteiger partial charge in [-0.15, -0.1) is 11.3 Å².